The minimum atomic E-state index is -4.79. The fourth-order valence-electron chi connectivity index (χ4n) is 0.300. The van der Waals surface area contributed by atoms with Gasteiger partial charge < -0.3 is 0 Å². The van der Waals surface area contributed by atoms with Crippen molar-refractivity contribution >= 4 is 32.0 Å². The molecule has 0 spiro atoms. The van der Waals surface area contributed by atoms with Crippen LogP contribution in [0.2, 0.25) is 0 Å². The van der Waals surface area contributed by atoms with Gasteiger partial charge in [-0.05, 0) is 0 Å². The third-order valence-corrected chi connectivity index (χ3v) is 2.24. The molecule has 0 rings (SSSR count). The molecule has 60 valence electrons. The number of allylic oxidation sites excluding steroid dienone is 2. The molecule has 0 aliphatic rings. The standard InChI is InChI=1S/C5H5F3O2.Tl/c1-3(9)2-4(10)5(6,7)8;/h2,9H,1H3;/q;+1/p-1/b3-2+;. The van der Waals surface area contributed by atoms with Crippen LogP contribution in [0.25, 0.3) is 0 Å². The van der Waals surface area contributed by atoms with Gasteiger partial charge in [0.25, 0.3) is 0 Å². The molecule has 6 heteroatoms. The molecule has 0 unspecified atom stereocenters. The van der Waals surface area contributed by atoms with Gasteiger partial charge in [-0.3, -0.25) is 0 Å². The van der Waals surface area contributed by atoms with Crippen LogP contribution in [0.4, 0.5) is 13.2 Å². The van der Waals surface area contributed by atoms with Gasteiger partial charge in [0.2, 0.25) is 0 Å². The van der Waals surface area contributed by atoms with E-state index < -0.39 is 12.0 Å². The van der Waals surface area contributed by atoms with Crippen molar-refractivity contribution in [3.05, 3.63) is 11.8 Å². The first-order chi connectivity index (χ1) is 4.88. The predicted octanol–water partition coefficient (Wildman–Crippen LogP) is 1.12. The topological polar surface area (TPSA) is 26.3 Å². The number of hydrogen-bond acceptors (Lipinski definition) is 2. The molecule has 0 aromatic carbocycles. The molecular weight excluding hydrogens is 353 g/mol. The van der Waals surface area contributed by atoms with E-state index >= 15 is 0 Å². The average Bonchev–Trinajstić information content (AvgIpc) is 1.85. The van der Waals surface area contributed by atoms with Gasteiger partial charge in [0, 0.05) is 0 Å². The van der Waals surface area contributed by atoms with E-state index in [1.807, 2.05) is 0 Å². The van der Waals surface area contributed by atoms with Gasteiger partial charge in [-0.1, -0.05) is 0 Å². The van der Waals surface area contributed by atoms with Gasteiger partial charge in [-0.25, -0.2) is 0 Å². The normalized spacial score (nSPS) is 12.8. The number of carbonyl (C=O) groups excluding carboxylic acids is 1. The fourth-order valence-corrected chi connectivity index (χ4v) is 0.565. The first kappa shape index (κ1) is 10.9. The molecule has 0 aromatic rings. The van der Waals surface area contributed by atoms with E-state index in [0.717, 1.165) is 0 Å². The molecular formula is C5H4F3O2Tl. The maximum absolute atomic E-state index is 11.5. The Labute approximate surface area is 77.7 Å². The number of alkyl halides is 3. The molecule has 0 bridgehead atoms. The Kier molecular flexibility index (Phi) is 4.05. The van der Waals surface area contributed by atoms with E-state index in [1.54, 1.807) is 0 Å². The van der Waals surface area contributed by atoms with Crippen LogP contribution in [0.3, 0.4) is 0 Å². The Morgan fingerprint density at radius 2 is 2.00 bits per heavy atom. The molecule has 0 heterocycles. The van der Waals surface area contributed by atoms with Crippen LogP contribution >= 0.6 is 0 Å². The van der Waals surface area contributed by atoms with Crippen molar-refractivity contribution < 1.29 is 20.7 Å². The molecule has 0 aromatic heterocycles. The van der Waals surface area contributed by atoms with Gasteiger partial charge in [0.15, 0.2) is 0 Å². The zero-order chi connectivity index (χ0) is 9.07. The first-order valence-electron chi connectivity index (χ1n) is 2.54. The average molecular weight is 357 g/mol. The fraction of sp³-hybridized carbons (Fsp3) is 0.400. The number of carbonyl (C=O) groups is 1. The van der Waals surface area contributed by atoms with Crippen molar-refractivity contribution in [3.8, 4) is 0 Å². The Morgan fingerprint density at radius 1 is 1.55 bits per heavy atom. The first-order valence-corrected chi connectivity index (χ1v) is 4.37. The second-order valence-corrected chi connectivity index (χ2v) is 2.65. The molecule has 0 fully saturated rings. The van der Waals surface area contributed by atoms with Gasteiger partial charge in [0.05, 0.1) is 0 Å². The summed E-state index contributed by atoms with van der Waals surface area (Å²) in [5.74, 6) is -1.87. The number of ketones is 1. The second kappa shape index (κ2) is 4.07. The molecule has 0 radical (unpaired) electrons. The van der Waals surface area contributed by atoms with E-state index in [0.29, 0.717) is 6.08 Å². The van der Waals surface area contributed by atoms with E-state index in [2.05, 4.69) is 2.69 Å². The Balaban J connectivity index is 4.30. The molecule has 0 aliphatic heterocycles. The van der Waals surface area contributed by atoms with Crippen molar-refractivity contribution in [3.63, 3.8) is 0 Å². The summed E-state index contributed by atoms with van der Waals surface area (Å²) in [5, 5.41) is 0. The summed E-state index contributed by atoms with van der Waals surface area (Å²) in [6, 6.07) is 0. The number of hydrogen-bond donors (Lipinski definition) is 0. The molecule has 2 nitrogen and oxygen atoms in total. The van der Waals surface area contributed by atoms with Gasteiger partial charge in [-0.15, -0.1) is 0 Å². The Morgan fingerprint density at radius 3 is 2.27 bits per heavy atom. The summed E-state index contributed by atoms with van der Waals surface area (Å²) in [7, 11) is 0. The number of halogens is 3. The number of rotatable bonds is 2. The van der Waals surface area contributed by atoms with Crippen molar-refractivity contribution in [2.45, 2.75) is 13.1 Å². The van der Waals surface area contributed by atoms with Gasteiger partial charge in [-0.2, -0.15) is 0 Å². The van der Waals surface area contributed by atoms with Crippen LogP contribution in [0, 0.1) is 0 Å². The summed E-state index contributed by atoms with van der Waals surface area (Å²) in [6.45, 7) is 1.31. The molecule has 0 saturated heterocycles. The van der Waals surface area contributed by atoms with E-state index in [1.165, 1.54) is 6.92 Å². The summed E-state index contributed by atoms with van der Waals surface area (Å²) in [5.41, 5.74) is 0. The molecule has 0 atom stereocenters. The Bertz CT molecular complexity index is 185. The summed E-state index contributed by atoms with van der Waals surface area (Å²) >= 11 is 0.0947. The summed E-state index contributed by atoms with van der Waals surface area (Å²) in [6.07, 6.45) is -4.34. The second-order valence-electron chi connectivity index (χ2n) is 1.73. The van der Waals surface area contributed by atoms with Crippen LogP contribution < -0.4 is 0 Å². The monoisotopic (exact) mass is 358 g/mol. The van der Waals surface area contributed by atoms with Crippen molar-refractivity contribution in [1.29, 1.82) is 0 Å². The Hall–Kier alpha value is -0.0779. The third kappa shape index (κ3) is 4.38. The van der Waals surface area contributed by atoms with Crippen LogP contribution in [0.5, 0.6) is 0 Å². The maximum atomic E-state index is 11.5. The minimum absolute atomic E-state index is 0.0114. The SMILES string of the molecule is C/C(=C\C(=O)C(F)(F)F)[O][Tl]. The molecule has 11 heavy (non-hydrogen) atoms. The molecule has 0 aliphatic carbocycles. The van der Waals surface area contributed by atoms with Crippen molar-refractivity contribution in [1.82, 2.24) is 0 Å². The molecule has 0 saturated carbocycles. The molecule has 0 amide bonds. The third-order valence-electron chi connectivity index (χ3n) is 0.800. The van der Waals surface area contributed by atoms with Crippen LogP contribution in [-0.4, -0.2) is 38.2 Å². The van der Waals surface area contributed by atoms with Crippen molar-refractivity contribution in [2.24, 2.45) is 0 Å². The zero-order valence-corrected chi connectivity index (χ0v) is 10.1. The van der Waals surface area contributed by atoms with Crippen LogP contribution in [-0.2, 0) is 7.48 Å². The van der Waals surface area contributed by atoms with E-state index in [4.69, 9.17) is 0 Å². The van der Waals surface area contributed by atoms with Gasteiger partial charge in [0.1, 0.15) is 0 Å². The van der Waals surface area contributed by atoms with E-state index in [9.17, 15) is 18.0 Å². The van der Waals surface area contributed by atoms with E-state index in [-0.39, 0.29) is 32.0 Å². The predicted molar refractivity (Wildman–Crippen MR) is 31.7 cm³/mol. The molecule has 0 N–H and O–H groups in total. The van der Waals surface area contributed by atoms with Crippen molar-refractivity contribution in [2.75, 3.05) is 0 Å². The quantitative estimate of drug-likeness (QED) is 0.421. The van der Waals surface area contributed by atoms with Crippen LogP contribution in [0.15, 0.2) is 11.8 Å². The van der Waals surface area contributed by atoms with Gasteiger partial charge >= 0.3 is 77.6 Å². The van der Waals surface area contributed by atoms with Crippen LogP contribution in [0.1, 0.15) is 6.92 Å². The summed E-state index contributed by atoms with van der Waals surface area (Å²) in [4.78, 5) is 10.2. The zero-order valence-electron chi connectivity index (χ0n) is 5.61. The summed E-state index contributed by atoms with van der Waals surface area (Å²) < 4.78 is 39.1.